The number of ether oxygens (including phenoxy) is 2. The second kappa shape index (κ2) is 12.1. The molecule has 0 aliphatic rings. The summed E-state index contributed by atoms with van der Waals surface area (Å²) in [5, 5.41) is 16.7. The van der Waals surface area contributed by atoms with Gasteiger partial charge in [-0.2, -0.15) is 0 Å². The third-order valence-electron chi connectivity index (χ3n) is 5.95. The second-order valence-corrected chi connectivity index (χ2v) is 8.75. The van der Waals surface area contributed by atoms with E-state index in [1.165, 1.54) is 0 Å². The zero-order valence-corrected chi connectivity index (χ0v) is 20.9. The lowest BCUT2D eigenvalue weighted by Crippen LogP contribution is -2.38. The predicted molar refractivity (Wildman–Crippen MR) is 143 cm³/mol. The molecule has 4 rings (SSSR count). The summed E-state index contributed by atoms with van der Waals surface area (Å²) in [6.07, 6.45) is 2.20. The molecule has 1 aromatic heterocycles. The molecule has 0 saturated carbocycles. The lowest BCUT2D eigenvalue weighted by molar-refractivity contribution is -0.139. The molecule has 1 atom stereocenters. The molecule has 3 aromatic carbocycles. The number of aromatic nitrogens is 1. The van der Waals surface area contributed by atoms with Gasteiger partial charge in [0.1, 0.15) is 6.04 Å². The van der Waals surface area contributed by atoms with Crippen LogP contribution in [0.3, 0.4) is 0 Å². The Morgan fingerprint density at radius 3 is 2.54 bits per heavy atom. The van der Waals surface area contributed by atoms with E-state index in [0.717, 1.165) is 27.6 Å². The molecule has 1 heterocycles. The Morgan fingerprint density at radius 1 is 1.00 bits per heavy atom. The van der Waals surface area contributed by atoms with E-state index in [1.54, 1.807) is 12.1 Å². The highest BCUT2D eigenvalue weighted by molar-refractivity contribution is 5.91. The summed E-state index contributed by atoms with van der Waals surface area (Å²) in [5.74, 6) is -0.264. The molecular weight excluding hydrogens is 470 g/mol. The summed E-state index contributed by atoms with van der Waals surface area (Å²) >= 11 is 0. The minimum Gasteiger partial charge on any atom is -0.490 e. The number of carboxylic acid groups (broad SMARTS) is 1. The van der Waals surface area contributed by atoms with E-state index in [4.69, 9.17) is 9.47 Å². The number of anilines is 1. The second-order valence-electron chi connectivity index (χ2n) is 8.75. The summed E-state index contributed by atoms with van der Waals surface area (Å²) in [6, 6.07) is 19.9. The molecule has 1 unspecified atom stereocenters. The van der Waals surface area contributed by atoms with Gasteiger partial charge in [-0.15, -0.1) is 0 Å². The van der Waals surface area contributed by atoms with E-state index in [1.807, 2.05) is 74.6 Å². The number of H-pyrrole nitrogens is 1. The summed E-state index contributed by atoms with van der Waals surface area (Å²) in [4.78, 5) is 27.5. The highest BCUT2D eigenvalue weighted by atomic mass is 16.5. The van der Waals surface area contributed by atoms with Crippen LogP contribution < -0.4 is 20.1 Å². The number of rotatable bonds is 12. The number of aliphatic carboxylic acids is 1. The zero-order valence-electron chi connectivity index (χ0n) is 20.9. The number of hydrogen-bond acceptors (Lipinski definition) is 5. The van der Waals surface area contributed by atoms with Crippen molar-refractivity contribution in [3.63, 3.8) is 0 Å². The predicted octanol–water partition coefficient (Wildman–Crippen LogP) is 4.68. The van der Waals surface area contributed by atoms with Gasteiger partial charge in [-0.05, 0) is 55.3 Å². The molecule has 0 aliphatic heterocycles. The van der Waals surface area contributed by atoms with Gasteiger partial charge in [0, 0.05) is 35.8 Å². The van der Waals surface area contributed by atoms with E-state index in [0.29, 0.717) is 36.8 Å². The number of benzene rings is 3. The topological polar surface area (TPSA) is 113 Å². The smallest absolute Gasteiger partial charge is 0.321 e. The number of para-hydroxylation sites is 1. The number of carboxylic acids is 1. The monoisotopic (exact) mass is 501 g/mol. The van der Waals surface area contributed by atoms with Crippen LogP contribution in [0.25, 0.3) is 10.9 Å². The molecule has 4 N–H and O–H groups in total. The number of carbonyl (C=O) groups is 2. The molecule has 0 saturated heterocycles. The normalized spacial score (nSPS) is 11.7. The zero-order chi connectivity index (χ0) is 26.2. The van der Waals surface area contributed by atoms with Crippen LogP contribution in [0, 0.1) is 6.92 Å². The quantitative estimate of drug-likeness (QED) is 0.224. The van der Waals surface area contributed by atoms with Crippen molar-refractivity contribution in [1.29, 1.82) is 0 Å². The molecule has 0 fully saturated rings. The lowest BCUT2D eigenvalue weighted by atomic mass is 10.0. The fraction of sp³-hybridized carbons (Fsp3) is 0.241. The third kappa shape index (κ3) is 6.89. The fourth-order valence-corrected chi connectivity index (χ4v) is 4.04. The van der Waals surface area contributed by atoms with E-state index in [-0.39, 0.29) is 12.5 Å². The van der Waals surface area contributed by atoms with E-state index in [9.17, 15) is 14.7 Å². The van der Waals surface area contributed by atoms with Gasteiger partial charge < -0.3 is 30.2 Å². The number of aryl methyl sites for hydroxylation is 1. The molecule has 8 nitrogen and oxygen atoms in total. The van der Waals surface area contributed by atoms with Gasteiger partial charge >= 0.3 is 5.97 Å². The minimum atomic E-state index is -0.921. The van der Waals surface area contributed by atoms with Gasteiger partial charge in [0.05, 0.1) is 6.61 Å². The molecule has 0 bridgehead atoms. The number of carbonyl (C=O) groups excluding carboxylic acids is 1. The number of nitrogens with one attached hydrogen (secondary N) is 3. The van der Waals surface area contributed by atoms with Gasteiger partial charge in [0.15, 0.2) is 18.1 Å². The maximum absolute atomic E-state index is 12.3. The largest absolute Gasteiger partial charge is 0.490 e. The molecule has 1 amide bonds. The number of aromatic amines is 1. The van der Waals surface area contributed by atoms with Crippen molar-refractivity contribution in [2.45, 2.75) is 32.9 Å². The Bertz CT molecular complexity index is 1360. The Morgan fingerprint density at radius 2 is 1.78 bits per heavy atom. The molecule has 37 heavy (non-hydrogen) atoms. The van der Waals surface area contributed by atoms with Crippen molar-refractivity contribution in [2.75, 3.05) is 18.5 Å². The average molecular weight is 502 g/mol. The van der Waals surface area contributed by atoms with Crippen molar-refractivity contribution in [3.05, 3.63) is 89.6 Å². The van der Waals surface area contributed by atoms with E-state index < -0.39 is 12.0 Å². The fourth-order valence-electron chi connectivity index (χ4n) is 4.04. The van der Waals surface area contributed by atoms with Gasteiger partial charge in [-0.3, -0.25) is 9.59 Å². The Hall–Kier alpha value is -4.30. The summed E-state index contributed by atoms with van der Waals surface area (Å²) in [5.41, 5.74) is 4.57. The van der Waals surface area contributed by atoms with Crippen molar-refractivity contribution in [1.82, 2.24) is 10.3 Å². The van der Waals surface area contributed by atoms with E-state index >= 15 is 0 Å². The first-order chi connectivity index (χ1) is 17.9. The van der Waals surface area contributed by atoms with Crippen molar-refractivity contribution in [2.24, 2.45) is 0 Å². The molecule has 0 spiro atoms. The van der Waals surface area contributed by atoms with Crippen LogP contribution in [0.1, 0.15) is 23.6 Å². The van der Waals surface area contributed by atoms with Crippen LogP contribution in [0.5, 0.6) is 11.5 Å². The highest BCUT2D eigenvalue weighted by Crippen LogP contribution is 2.29. The van der Waals surface area contributed by atoms with Gasteiger partial charge in [0.2, 0.25) is 0 Å². The van der Waals surface area contributed by atoms with Crippen LogP contribution in [-0.4, -0.2) is 41.2 Å². The number of fused-ring (bicyclic) bond motifs is 1. The number of hydrogen-bond donors (Lipinski definition) is 4. The van der Waals surface area contributed by atoms with Crippen molar-refractivity contribution < 1.29 is 24.2 Å². The Balaban J connectivity index is 1.37. The maximum Gasteiger partial charge on any atom is 0.321 e. The van der Waals surface area contributed by atoms with Gasteiger partial charge in [-0.25, -0.2) is 0 Å². The first-order valence-electron chi connectivity index (χ1n) is 12.2. The Kier molecular flexibility index (Phi) is 8.43. The van der Waals surface area contributed by atoms with Crippen LogP contribution in [0.2, 0.25) is 0 Å². The molecule has 8 heteroatoms. The lowest BCUT2D eigenvalue weighted by Gasteiger charge is -2.16. The molecular formula is C29H31N3O5. The Labute approximate surface area is 215 Å². The summed E-state index contributed by atoms with van der Waals surface area (Å²) < 4.78 is 11.4. The van der Waals surface area contributed by atoms with Gasteiger partial charge in [-0.1, -0.05) is 42.0 Å². The SMILES string of the molecule is CCOc1cc(CNC(Cc2c[nH]c3ccccc23)C(=O)O)ccc1OCC(=O)Nc1ccc(C)cc1. The average Bonchev–Trinajstić information content (AvgIpc) is 3.30. The molecule has 4 aromatic rings. The molecule has 0 radical (unpaired) electrons. The van der Waals surface area contributed by atoms with Gasteiger partial charge in [0.25, 0.3) is 5.91 Å². The van der Waals surface area contributed by atoms with E-state index in [2.05, 4.69) is 15.6 Å². The summed E-state index contributed by atoms with van der Waals surface area (Å²) in [7, 11) is 0. The van der Waals surface area contributed by atoms with Crippen LogP contribution in [0.15, 0.2) is 72.9 Å². The first-order valence-corrected chi connectivity index (χ1v) is 12.2. The van der Waals surface area contributed by atoms with Crippen molar-refractivity contribution in [3.8, 4) is 11.5 Å². The molecule has 192 valence electrons. The van der Waals surface area contributed by atoms with Crippen LogP contribution in [0.4, 0.5) is 5.69 Å². The third-order valence-corrected chi connectivity index (χ3v) is 5.95. The summed E-state index contributed by atoms with van der Waals surface area (Å²) in [6.45, 7) is 4.42. The van der Waals surface area contributed by atoms with Crippen LogP contribution in [-0.2, 0) is 22.6 Å². The van der Waals surface area contributed by atoms with Crippen LogP contribution >= 0.6 is 0 Å². The standard InChI is InChI=1S/C29H31N3O5/c1-3-36-27-14-20(10-13-26(27)37-18-28(33)32-22-11-8-19(2)9-12-22)16-30-25(29(34)35)15-21-17-31-24-7-5-4-6-23(21)24/h4-14,17,25,30-31H,3,15-16,18H2,1-2H3,(H,32,33)(H,34,35). The maximum atomic E-state index is 12.3. The molecule has 0 aliphatic carbocycles. The highest BCUT2D eigenvalue weighted by Gasteiger charge is 2.20. The first kappa shape index (κ1) is 25.8. The van der Waals surface area contributed by atoms with Crippen molar-refractivity contribution >= 4 is 28.5 Å². The number of amides is 1. The minimum absolute atomic E-state index is 0.169.